The lowest BCUT2D eigenvalue weighted by Gasteiger charge is -2.26. The van der Waals surface area contributed by atoms with Crippen LogP contribution in [0.5, 0.6) is 0 Å². The molecule has 1 N–H and O–H groups in total. The summed E-state index contributed by atoms with van der Waals surface area (Å²) in [4.78, 5) is 24.6. The van der Waals surface area contributed by atoms with Crippen LogP contribution in [0.15, 0.2) is 30.3 Å². The van der Waals surface area contributed by atoms with Crippen molar-refractivity contribution >= 4 is 12.0 Å². The number of benzene rings is 1. The first-order chi connectivity index (χ1) is 10.7. The molecule has 0 unspecified atom stereocenters. The van der Waals surface area contributed by atoms with Gasteiger partial charge in [0.2, 0.25) is 5.91 Å². The number of halogens is 3. The number of carbonyl (C=O) groups is 2. The van der Waals surface area contributed by atoms with Gasteiger partial charge in [-0.05, 0) is 12.0 Å². The first-order valence-corrected chi connectivity index (χ1v) is 7.00. The number of alkyl halides is 3. The first kappa shape index (κ1) is 17.3. The molecule has 0 aromatic heterocycles. The summed E-state index contributed by atoms with van der Waals surface area (Å²) in [5, 5.41) is 9.22. The fraction of sp³-hybridized carbons (Fsp3) is 0.467. The SMILES string of the molecule is C[C@@H](C(=O)N1C(=O)OC[C@@H]1Cc1ccccc1)[C@H](O)C(F)(F)F. The van der Waals surface area contributed by atoms with Gasteiger partial charge in [0.25, 0.3) is 0 Å². The third-order valence-corrected chi connectivity index (χ3v) is 3.71. The lowest BCUT2D eigenvalue weighted by atomic mass is 10.0. The highest BCUT2D eigenvalue weighted by molar-refractivity contribution is 5.95. The summed E-state index contributed by atoms with van der Waals surface area (Å²) in [6, 6.07) is 8.20. The second-order valence-electron chi connectivity index (χ2n) is 5.40. The monoisotopic (exact) mass is 331 g/mol. The summed E-state index contributed by atoms with van der Waals surface area (Å²) in [6.07, 6.45) is -8.49. The molecule has 0 spiro atoms. The number of imide groups is 1. The van der Waals surface area contributed by atoms with Crippen LogP contribution in [0.3, 0.4) is 0 Å². The van der Waals surface area contributed by atoms with E-state index in [9.17, 15) is 27.9 Å². The Balaban J connectivity index is 2.14. The zero-order valence-electron chi connectivity index (χ0n) is 12.3. The topological polar surface area (TPSA) is 66.8 Å². The Morgan fingerprint density at radius 2 is 2.00 bits per heavy atom. The molecule has 1 aliphatic rings. The Morgan fingerprint density at radius 1 is 1.39 bits per heavy atom. The van der Waals surface area contributed by atoms with Crippen molar-refractivity contribution in [2.24, 2.45) is 5.92 Å². The van der Waals surface area contributed by atoms with Gasteiger partial charge in [-0.3, -0.25) is 4.79 Å². The van der Waals surface area contributed by atoms with Crippen molar-refractivity contribution in [2.75, 3.05) is 6.61 Å². The summed E-state index contributed by atoms with van der Waals surface area (Å²) >= 11 is 0. The van der Waals surface area contributed by atoms with Gasteiger partial charge < -0.3 is 9.84 Å². The molecular weight excluding hydrogens is 315 g/mol. The number of carbonyl (C=O) groups excluding carboxylic acids is 2. The molecule has 0 radical (unpaired) electrons. The number of amides is 2. The van der Waals surface area contributed by atoms with Crippen LogP contribution in [-0.2, 0) is 16.0 Å². The fourth-order valence-corrected chi connectivity index (χ4v) is 2.40. The van der Waals surface area contributed by atoms with Crippen molar-refractivity contribution in [3.05, 3.63) is 35.9 Å². The number of nitrogens with zero attached hydrogens (tertiary/aromatic N) is 1. The van der Waals surface area contributed by atoms with Crippen molar-refractivity contribution in [3.63, 3.8) is 0 Å². The predicted octanol–water partition coefficient (Wildman–Crippen LogP) is 2.14. The van der Waals surface area contributed by atoms with Gasteiger partial charge in [-0.25, -0.2) is 9.69 Å². The molecule has 2 amide bonds. The van der Waals surface area contributed by atoms with Crippen molar-refractivity contribution in [1.29, 1.82) is 0 Å². The minimum atomic E-state index is -4.94. The molecule has 1 saturated heterocycles. The van der Waals surface area contributed by atoms with E-state index >= 15 is 0 Å². The zero-order valence-corrected chi connectivity index (χ0v) is 12.3. The standard InChI is InChI=1S/C15H16F3NO4/c1-9(12(20)15(16,17)18)13(21)19-11(8-23-14(19)22)7-10-5-3-2-4-6-10/h2-6,9,11-12,20H,7-8H2,1H3/t9-,11+,12+/m1/s1. The van der Waals surface area contributed by atoms with Gasteiger partial charge in [-0.15, -0.1) is 0 Å². The second kappa shape index (κ2) is 6.57. The van der Waals surface area contributed by atoms with Gasteiger partial charge in [-0.2, -0.15) is 13.2 Å². The number of hydrogen-bond acceptors (Lipinski definition) is 4. The molecule has 0 saturated carbocycles. The van der Waals surface area contributed by atoms with Crippen molar-refractivity contribution in [2.45, 2.75) is 31.7 Å². The van der Waals surface area contributed by atoms with Gasteiger partial charge in [-0.1, -0.05) is 37.3 Å². The van der Waals surface area contributed by atoms with E-state index in [2.05, 4.69) is 0 Å². The van der Waals surface area contributed by atoms with Gasteiger partial charge in [0.15, 0.2) is 6.10 Å². The molecule has 1 fully saturated rings. The number of hydrogen-bond donors (Lipinski definition) is 1. The van der Waals surface area contributed by atoms with Gasteiger partial charge in [0.05, 0.1) is 12.0 Å². The lowest BCUT2D eigenvalue weighted by Crippen LogP contribution is -2.48. The highest BCUT2D eigenvalue weighted by Crippen LogP contribution is 2.28. The van der Waals surface area contributed by atoms with E-state index in [1.165, 1.54) is 0 Å². The molecule has 1 aromatic carbocycles. The minimum absolute atomic E-state index is 0.0890. The van der Waals surface area contributed by atoms with E-state index in [4.69, 9.17) is 4.74 Å². The average Bonchev–Trinajstić information content (AvgIpc) is 2.85. The highest BCUT2D eigenvalue weighted by Gasteiger charge is 2.48. The number of cyclic esters (lactones) is 1. The number of rotatable bonds is 4. The van der Waals surface area contributed by atoms with Crippen LogP contribution in [-0.4, -0.2) is 46.9 Å². The van der Waals surface area contributed by atoms with Crippen LogP contribution in [0.1, 0.15) is 12.5 Å². The lowest BCUT2D eigenvalue weighted by molar-refractivity contribution is -0.219. The average molecular weight is 331 g/mol. The van der Waals surface area contributed by atoms with Crippen LogP contribution in [0, 0.1) is 5.92 Å². The van der Waals surface area contributed by atoms with Gasteiger partial charge in [0.1, 0.15) is 6.61 Å². The Labute approximate surface area is 130 Å². The van der Waals surface area contributed by atoms with E-state index < -0.39 is 36.2 Å². The molecule has 126 valence electrons. The maximum absolute atomic E-state index is 12.6. The highest BCUT2D eigenvalue weighted by atomic mass is 19.4. The normalized spacial score (nSPS) is 21.0. The largest absolute Gasteiger partial charge is 0.447 e. The van der Waals surface area contributed by atoms with E-state index in [0.717, 1.165) is 12.5 Å². The van der Waals surface area contributed by atoms with Crippen molar-refractivity contribution in [3.8, 4) is 0 Å². The molecule has 2 rings (SSSR count). The molecule has 1 aliphatic heterocycles. The molecule has 0 bridgehead atoms. The van der Waals surface area contributed by atoms with Gasteiger partial charge >= 0.3 is 12.3 Å². The van der Waals surface area contributed by atoms with Crippen LogP contribution in [0.25, 0.3) is 0 Å². The summed E-state index contributed by atoms with van der Waals surface area (Å²) in [7, 11) is 0. The van der Waals surface area contributed by atoms with E-state index in [0.29, 0.717) is 4.90 Å². The third kappa shape index (κ3) is 3.82. The van der Waals surface area contributed by atoms with Crippen molar-refractivity contribution in [1.82, 2.24) is 4.90 Å². The predicted molar refractivity (Wildman–Crippen MR) is 73.4 cm³/mol. The van der Waals surface area contributed by atoms with Crippen LogP contribution < -0.4 is 0 Å². The Hall–Kier alpha value is -2.09. The molecule has 23 heavy (non-hydrogen) atoms. The van der Waals surface area contributed by atoms with Crippen LogP contribution in [0.2, 0.25) is 0 Å². The minimum Gasteiger partial charge on any atom is -0.447 e. The van der Waals surface area contributed by atoms with Crippen LogP contribution >= 0.6 is 0 Å². The Kier molecular flexibility index (Phi) is 4.93. The first-order valence-electron chi connectivity index (χ1n) is 7.00. The molecule has 8 heteroatoms. The molecule has 1 heterocycles. The number of ether oxygens (including phenoxy) is 1. The smallest absolute Gasteiger partial charge is 0.416 e. The fourth-order valence-electron chi connectivity index (χ4n) is 2.40. The van der Waals surface area contributed by atoms with E-state index in [1.54, 1.807) is 30.3 Å². The molecule has 0 aliphatic carbocycles. The van der Waals surface area contributed by atoms with Crippen molar-refractivity contribution < 1.29 is 32.6 Å². The molecular formula is C15H16F3NO4. The quantitative estimate of drug-likeness (QED) is 0.918. The third-order valence-electron chi connectivity index (χ3n) is 3.71. The van der Waals surface area contributed by atoms with E-state index in [-0.39, 0.29) is 13.0 Å². The molecule has 3 atom stereocenters. The summed E-state index contributed by atoms with van der Waals surface area (Å²) in [6.45, 7) is 0.847. The Bertz CT molecular complexity index is 576. The van der Waals surface area contributed by atoms with Gasteiger partial charge in [0, 0.05) is 0 Å². The second-order valence-corrected chi connectivity index (χ2v) is 5.40. The zero-order chi connectivity index (χ0) is 17.2. The maximum Gasteiger partial charge on any atom is 0.416 e. The maximum atomic E-state index is 12.6. The summed E-state index contributed by atoms with van der Waals surface area (Å²) in [5.41, 5.74) is 0.817. The Morgan fingerprint density at radius 3 is 2.57 bits per heavy atom. The molecule has 5 nitrogen and oxygen atoms in total. The summed E-state index contributed by atoms with van der Waals surface area (Å²) < 4.78 is 42.4. The van der Waals surface area contributed by atoms with E-state index in [1.807, 2.05) is 0 Å². The summed E-state index contributed by atoms with van der Waals surface area (Å²) in [5.74, 6) is -2.89. The van der Waals surface area contributed by atoms with Crippen LogP contribution in [0.4, 0.5) is 18.0 Å². The molecule has 1 aromatic rings. The number of aliphatic hydroxyl groups excluding tert-OH is 1. The number of aliphatic hydroxyl groups is 1.